The zero-order valence-electron chi connectivity index (χ0n) is 14.9. The Labute approximate surface area is 144 Å². The molecule has 0 amide bonds. The lowest BCUT2D eigenvalue weighted by Gasteiger charge is -2.45. The van der Waals surface area contributed by atoms with E-state index in [1.54, 1.807) is 14.2 Å². The van der Waals surface area contributed by atoms with Crippen molar-refractivity contribution in [1.82, 2.24) is 4.90 Å². The lowest BCUT2D eigenvalue weighted by Crippen LogP contribution is -2.47. The van der Waals surface area contributed by atoms with Crippen LogP contribution >= 0.6 is 0 Å². The third kappa shape index (κ3) is 3.91. The molecule has 5 nitrogen and oxygen atoms in total. The minimum Gasteiger partial charge on any atom is -0.497 e. The van der Waals surface area contributed by atoms with Crippen LogP contribution in [0.1, 0.15) is 24.0 Å². The van der Waals surface area contributed by atoms with E-state index in [2.05, 4.69) is 23.1 Å². The second kappa shape index (κ2) is 8.30. The van der Waals surface area contributed by atoms with Gasteiger partial charge in [-0.25, -0.2) is 0 Å². The van der Waals surface area contributed by atoms with Gasteiger partial charge in [-0.3, -0.25) is 0 Å². The van der Waals surface area contributed by atoms with Crippen molar-refractivity contribution in [3.8, 4) is 5.75 Å². The van der Waals surface area contributed by atoms with Gasteiger partial charge in [0.05, 0.1) is 39.1 Å². The van der Waals surface area contributed by atoms with Gasteiger partial charge in [0.25, 0.3) is 0 Å². The Hall–Kier alpha value is -1.14. The van der Waals surface area contributed by atoms with E-state index in [0.717, 1.165) is 57.9 Å². The largest absolute Gasteiger partial charge is 0.497 e. The molecule has 0 N–H and O–H groups in total. The fourth-order valence-electron chi connectivity index (χ4n) is 3.77. The maximum Gasteiger partial charge on any atom is 0.119 e. The molecule has 1 aromatic rings. The second-order valence-electron chi connectivity index (χ2n) is 6.56. The summed E-state index contributed by atoms with van der Waals surface area (Å²) in [7, 11) is 3.43. The van der Waals surface area contributed by atoms with Crippen LogP contribution < -0.4 is 4.74 Å². The molecule has 2 heterocycles. The molecule has 1 fully saturated rings. The summed E-state index contributed by atoms with van der Waals surface area (Å²) in [6.45, 7) is 6.00. The van der Waals surface area contributed by atoms with Crippen molar-refractivity contribution in [3.63, 3.8) is 0 Å². The van der Waals surface area contributed by atoms with Crippen LogP contribution in [0, 0.1) is 0 Å². The van der Waals surface area contributed by atoms with E-state index in [1.165, 1.54) is 11.1 Å². The standard InChI is InChI=1S/C19H29NO4/c1-21-13-14-23-12-10-20-8-6-19(7-9-20)18-4-3-17(22-2)15-16(18)5-11-24-19/h3-4,15H,5-14H2,1-2H3. The van der Waals surface area contributed by atoms with E-state index in [1.807, 2.05) is 0 Å². The lowest BCUT2D eigenvalue weighted by molar-refractivity contribution is -0.0998. The molecule has 0 radical (unpaired) electrons. The van der Waals surface area contributed by atoms with Gasteiger partial charge in [-0.15, -0.1) is 0 Å². The average Bonchev–Trinajstić information content (AvgIpc) is 2.63. The molecule has 0 saturated carbocycles. The summed E-state index contributed by atoms with van der Waals surface area (Å²) in [5, 5.41) is 0. The first-order chi connectivity index (χ1) is 11.8. The first kappa shape index (κ1) is 17.7. The maximum absolute atomic E-state index is 6.30. The molecule has 0 atom stereocenters. The predicted octanol–water partition coefficient (Wildman–Crippen LogP) is 2.22. The first-order valence-corrected chi connectivity index (χ1v) is 8.88. The molecule has 0 aromatic heterocycles. The fourth-order valence-corrected chi connectivity index (χ4v) is 3.77. The molecule has 5 heteroatoms. The van der Waals surface area contributed by atoms with Crippen LogP contribution in [0.15, 0.2) is 18.2 Å². The van der Waals surface area contributed by atoms with Crippen molar-refractivity contribution in [3.05, 3.63) is 29.3 Å². The SMILES string of the molecule is COCCOCCN1CCC2(CC1)OCCc1cc(OC)ccc12. The Morgan fingerprint density at radius 3 is 2.71 bits per heavy atom. The number of benzene rings is 1. The highest BCUT2D eigenvalue weighted by Gasteiger charge is 2.40. The molecule has 134 valence electrons. The van der Waals surface area contributed by atoms with E-state index in [0.29, 0.717) is 13.2 Å². The van der Waals surface area contributed by atoms with Gasteiger partial charge in [0.1, 0.15) is 5.75 Å². The summed E-state index contributed by atoms with van der Waals surface area (Å²) in [5.74, 6) is 0.941. The molecule has 2 aliphatic rings. The van der Waals surface area contributed by atoms with E-state index >= 15 is 0 Å². The Morgan fingerprint density at radius 1 is 1.12 bits per heavy atom. The van der Waals surface area contributed by atoms with E-state index in [9.17, 15) is 0 Å². The number of hydrogen-bond acceptors (Lipinski definition) is 5. The van der Waals surface area contributed by atoms with E-state index in [-0.39, 0.29) is 5.60 Å². The zero-order valence-corrected chi connectivity index (χ0v) is 14.9. The minimum absolute atomic E-state index is 0.104. The number of hydrogen-bond donors (Lipinski definition) is 0. The number of methoxy groups -OCH3 is 2. The normalized spacial score (nSPS) is 20.1. The molecule has 1 aromatic carbocycles. The molecule has 0 unspecified atom stereocenters. The molecule has 2 aliphatic heterocycles. The van der Waals surface area contributed by atoms with Crippen molar-refractivity contribution in [2.75, 3.05) is 60.3 Å². The number of ether oxygens (including phenoxy) is 4. The summed E-state index contributed by atoms with van der Waals surface area (Å²) < 4.78 is 22.2. The van der Waals surface area contributed by atoms with Crippen LogP contribution in [0.4, 0.5) is 0 Å². The number of likely N-dealkylation sites (tertiary alicyclic amines) is 1. The predicted molar refractivity (Wildman–Crippen MR) is 92.7 cm³/mol. The number of fused-ring (bicyclic) bond motifs is 2. The van der Waals surface area contributed by atoms with Crippen LogP contribution in [0.3, 0.4) is 0 Å². The molecule has 0 aliphatic carbocycles. The summed E-state index contributed by atoms with van der Waals surface area (Å²) in [6.07, 6.45) is 3.07. The number of nitrogens with zero attached hydrogens (tertiary/aromatic N) is 1. The molecule has 1 spiro atoms. The second-order valence-corrected chi connectivity index (χ2v) is 6.56. The van der Waals surface area contributed by atoms with Crippen molar-refractivity contribution < 1.29 is 18.9 Å². The molecule has 24 heavy (non-hydrogen) atoms. The Balaban J connectivity index is 1.56. The van der Waals surface area contributed by atoms with Crippen LogP contribution in [0.5, 0.6) is 5.75 Å². The van der Waals surface area contributed by atoms with Gasteiger partial charge in [0, 0.05) is 26.7 Å². The Morgan fingerprint density at radius 2 is 1.96 bits per heavy atom. The zero-order chi connectivity index (χ0) is 16.8. The number of rotatable bonds is 7. The summed E-state index contributed by atoms with van der Waals surface area (Å²) in [4.78, 5) is 2.47. The van der Waals surface area contributed by atoms with Gasteiger partial charge >= 0.3 is 0 Å². The summed E-state index contributed by atoms with van der Waals surface area (Å²) in [6, 6.07) is 6.44. The quantitative estimate of drug-likeness (QED) is 0.715. The van der Waals surface area contributed by atoms with Gasteiger partial charge in [-0.2, -0.15) is 0 Å². The van der Waals surface area contributed by atoms with Crippen LogP contribution in [0.2, 0.25) is 0 Å². The van der Waals surface area contributed by atoms with E-state index in [4.69, 9.17) is 18.9 Å². The molecule has 3 rings (SSSR count). The minimum atomic E-state index is -0.104. The highest BCUT2D eigenvalue weighted by Crippen LogP contribution is 2.42. The molecular weight excluding hydrogens is 306 g/mol. The van der Waals surface area contributed by atoms with Crippen LogP contribution in [0.25, 0.3) is 0 Å². The Kier molecular flexibility index (Phi) is 6.11. The smallest absolute Gasteiger partial charge is 0.119 e. The van der Waals surface area contributed by atoms with Gasteiger partial charge < -0.3 is 23.8 Å². The lowest BCUT2D eigenvalue weighted by atomic mass is 9.79. The van der Waals surface area contributed by atoms with Crippen molar-refractivity contribution >= 4 is 0 Å². The molecule has 0 bridgehead atoms. The maximum atomic E-state index is 6.30. The van der Waals surface area contributed by atoms with Gasteiger partial charge in [0.15, 0.2) is 0 Å². The van der Waals surface area contributed by atoms with Crippen LogP contribution in [-0.2, 0) is 26.2 Å². The summed E-state index contributed by atoms with van der Waals surface area (Å²) in [5.41, 5.74) is 2.65. The van der Waals surface area contributed by atoms with Gasteiger partial charge in [0.2, 0.25) is 0 Å². The third-order valence-electron chi connectivity index (χ3n) is 5.20. The van der Waals surface area contributed by atoms with Crippen molar-refractivity contribution in [2.24, 2.45) is 0 Å². The monoisotopic (exact) mass is 335 g/mol. The van der Waals surface area contributed by atoms with Gasteiger partial charge in [-0.1, -0.05) is 6.07 Å². The number of piperidine rings is 1. The summed E-state index contributed by atoms with van der Waals surface area (Å²) >= 11 is 0. The highest BCUT2D eigenvalue weighted by atomic mass is 16.5. The Bertz CT molecular complexity index is 526. The molecule has 1 saturated heterocycles. The van der Waals surface area contributed by atoms with Crippen LogP contribution in [-0.4, -0.2) is 65.2 Å². The first-order valence-electron chi connectivity index (χ1n) is 8.88. The highest BCUT2D eigenvalue weighted by molar-refractivity contribution is 5.41. The van der Waals surface area contributed by atoms with Crippen molar-refractivity contribution in [2.45, 2.75) is 24.9 Å². The average molecular weight is 335 g/mol. The molecular formula is C19H29NO4. The van der Waals surface area contributed by atoms with E-state index < -0.39 is 0 Å². The third-order valence-corrected chi connectivity index (χ3v) is 5.20. The fraction of sp³-hybridized carbons (Fsp3) is 0.684. The van der Waals surface area contributed by atoms with Gasteiger partial charge in [-0.05, 0) is 42.5 Å². The van der Waals surface area contributed by atoms with Crippen molar-refractivity contribution in [1.29, 1.82) is 0 Å². The topological polar surface area (TPSA) is 40.2 Å².